The van der Waals surface area contributed by atoms with Crippen molar-refractivity contribution in [3.05, 3.63) is 72.9 Å². The second kappa shape index (κ2) is 7.12. The maximum atomic E-state index is 12.7. The molecule has 0 aliphatic rings. The molecule has 0 unspecified atom stereocenters. The molecule has 0 atom stereocenters. The van der Waals surface area contributed by atoms with Gasteiger partial charge in [0, 0.05) is 5.56 Å². The van der Waals surface area contributed by atoms with Gasteiger partial charge < -0.3 is 9.72 Å². The molecule has 0 saturated heterocycles. The molecule has 4 rings (SSSR count). The van der Waals surface area contributed by atoms with Crippen molar-refractivity contribution in [1.29, 1.82) is 0 Å². The van der Waals surface area contributed by atoms with Gasteiger partial charge in [0.05, 0.1) is 30.3 Å². The van der Waals surface area contributed by atoms with Gasteiger partial charge >= 0.3 is 0 Å². The first kappa shape index (κ1) is 16.5. The van der Waals surface area contributed by atoms with Gasteiger partial charge in [0.15, 0.2) is 0 Å². The molecule has 2 aromatic carbocycles. The molecule has 0 bridgehead atoms. The maximum absolute atomic E-state index is 12.7. The van der Waals surface area contributed by atoms with Crippen LogP contribution in [0.15, 0.2) is 67.4 Å². The Morgan fingerprint density at radius 1 is 1.19 bits per heavy atom. The summed E-state index contributed by atoms with van der Waals surface area (Å²) in [5.74, 6) is 0.799. The highest BCUT2D eigenvalue weighted by atomic mass is 16.5. The van der Waals surface area contributed by atoms with E-state index >= 15 is 0 Å². The third-order valence-electron chi connectivity index (χ3n) is 4.00. The van der Waals surface area contributed by atoms with Crippen LogP contribution in [0.2, 0.25) is 0 Å². The Balaban J connectivity index is 1.57. The summed E-state index contributed by atoms with van der Waals surface area (Å²) >= 11 is 0. The van der Waals surface area contributed by atoms with Gasteiger partial charge in [-0.1, -0.05) is 24.3 Å². The highest BCUT2D eigenvalue weighted by Gasteiger charge is 2.14. The van der Waals surface area contributed by atoms with Crippen LogP contribution in [0, 0.1) is 0 Å². The Labute approximate surface area is 154 Å². The van der Waals surface area contributed by atoms with Crippen LogP contribution in [0.5, 0.6) is 5.75 Å². The lowest BCUT2D eigenvalue weighted by Gasteiger charge is -2.08. The summed E-state index contributed by atoms with van der Waals surface area (Å²) in [4.78, 5) is 24.0. The first-order valence-electron chi connectivity index (χ1n) is 8.19. The highest BCUT2D eigenvalue weighted by Crippen LogP contribution is 2.23. The van der Waals surface area contributed by atoms with E-state index < -0.39 is 0 Å². The van der Waals surface area contributed by atoms with Gasteiger partial charge in [0.1, 0.15) is 18.4 Å². The zero-order chi connectivity index (χ0) is 18.6. The molecule has 8 nitrogen and oxygen atoms in total. The molecule has 0 aliphatic carbocycles. The van der Waals surface area contributed by atoms with E-state index in [0.29, 0.717) is 17.2 Å². The van der Waals surface area contributed by atoms with Crippen LogP contribution in [-0.4, -0.2) is 37.7 Å². The molecule has 4 aromatic rings. The average molecular weight is 360 g/mol. The van der Waals surface area contributed by atoms with Crippen molar-refractivity contribution in [1.82, 2.24) is 24.7 Å². The van der Waals surface area contributed by atoms with Gasteiger partial charge in [0.25, 0.3) is 5.91 Å². The highest BCUT2D eigenvalue weighted by molar-refractivity contribution is 6.06. The maximum Gasteiger partial charge on any atom is 0.260 e. The van der Waals surface area contributed by atoms with Gasteiger partial charge in [-0.25, -0.2) is 14.6 Å². The Hall–Kier alpha value is -3.94. The van der Waals surface area contributed by atoms with Crippen LogP contribution >= 0.6 is 0 Å². The predicted octanol–water partition coefficient (Wildman–Crippen LogP) is 2.92. The van der Waals surface area contributed by atoms with E-state index in [-0.39, 0.29) is 5.91 Å². The van der Waals surface area contributed by atoms with Crippen molar-refractivity contribution in [3.63, 3.8) is 0 Å². The van der Waals surface area contributed by atoms with Crippen molar-refractivity contribution in [2.75, 3.05) is 12.4 Å². The molecule has 27 heavy (non-hydrogen) atoms. The summed E-state index contributed by atoms with van der Waals surface area (Å²) in [6, 6.07) is 14.7. The first-order valence-corrected chi connectivity index (χ1v) is 8.19. The van der Waals surface area contributed by atoms with Crippen LogP contribution in [0.3, 0.4) is 0 Å². The summed E-state index contributed by atoms with van der Waals surface area (Å²) < 4.78 is 6.78. The minimum Gasteiger partial charge on any atom is -0.497 e. The van der Waals surface area contributed by atoms with E-state index in [1.54, 1.807) is 42.5 Å². The summed E-state index contributed by atoms with van der Waals surface area (Å²) in [6.07, 6.45) is 4.62. The number of anilines is 1. The van der Waals surface area contributed by atoms with Crippen molar-refractivity contribution < 1.29 is 9.53 Å². The Kier molecular flexibility index (Phi) is 4.36. The minimum atomic E-state index is -0.298. The number of hydrogen-bond acceptors (Lipinski definition) is 5. The number of carbonyl (C=O) groups is 1. The van der Waals surface area contributed by atoms with Gasteiger partial charge in [-0.3, -0.25) is 10.1 Å². The van der Waals surface area contributed by atoms with E-state index in [1.165, 1.54) is 6.33 Å². The topological polar surface area (TPSA) is 97.7 Å². The number of carbonyl (C=O) groups excluding carboxylic acids is 1. The zero-order valence-corrected chi connectivity index (χ0v) is 14.5. The average Bonchev–Trinajstić information content (AvgIpc) is 3.40. The molecule has 0 spiro atoms. The summed E-state index contributed by atoms with van der Waals surface area (Å²) in [6.45, 7) is 0. The third kappa shape index (κ3) is 3.40. The number of nitrogens with zero attached hydrogens (tertiary/aromatic N) is 4. The Morgan fingerprint density at radius 3 is 2.89 bits per heavy atom. The predicted molar refractivity (Wildman–Crippen MR) is 99.9 cm³/mol. The van der Waals surface area contributed by atoms with Crippen LogP contribution in [0.1, 0.15) is 10.4 Å². The van der Waals surface area contributed by atoms with Crippen molar-refractivity contribution >= 4 is 11.9 Å². The van der Waals surface area contributed by atoms with Crippen LogP contribution in [0.4, 0.5) is 5.95 Å². The van der Waals surface area contributed by atoms with E-state index in [1.807, 2.05) is 30.3 Å². The number of para-hydroxylation sites is 1. The Morgan fingerprint density at radius 2 is 2.07 bits per heavy atom. The fraction of sp³-hybridized carbons (Fsp3) is 0.0526. The monoisotopic (exact) mass is 360 g/mol. The normalized spacial score (nSPS) is 10.6. The lowest BCUT2D eigenvalue weighted by Crippen LogP contribution is -2.16. The van der Waals surface area contributed by atoms with E-state index in [9.17, 15) is 4.79 Å². The van der Waals surface area contributed by atoms with Gasteiger partial charge in [0.2, 0.25) is 5.95 Å². The summed E-state index contributed by atoms with van der Waals surface area (Å²) in [5.41, 5.74) is 2.77. The van der Waals surface area contributed by atoms with Crippen molar-refractivity contribution in [2.45, 2.75) is 0 Å². The molecule has 1 amide bonds. The molecule has 2 N–H and O–H groups in total. The van der Waals surface area contributed by atoms with E-state index in [0.717, 1.165) is 17.0 Å². The molecule has 0 fully saturated rings. The number of H-pyrrole nitrogens is 1. The van der Waals surface area contributed by atoms with Crippen LogP contribution in [0.25, 0.3) is 16.9 Å². The molecule has 0 radical (unpaired) electrons. The molecular formula is C19H16N6O2. The molecule has 134 valence electrons. The lowest BCUT2D eigenvalue weighted by molar-refractivity contribution is 0.102. The smallest absolute Gasteiger partial charge is 0.260 e. The number of imidazole rings is 1. The second-order valence-electron chi connectivity index (χ2n) is 5.69. The fourth-order valence-corrected chi connectivity index (χ4v) is 2.69. The SMILES string of the molecule is COc1cccc(-c2cnc(NC(=O)c3ccccc3-n3cncn3)[nH]2)c1. The Bertz CT molecular complexity index is 1070. The van der Waals surface area contributed by atoms with Gasteiger partial charge in [-0.2, -0.15) is 5.10 Å². The van der Waals surface area contributed by atoms with Crippen LogP contribution in [-0.2, 0) is 0 Å². The number of benzene rings is 2. The van der Waals surface area contributed by atoms with E-state index in [4.69, 9.17) is 4.74 Å². The summed E-state index contributed by atoms with van der Waals surface area (Å²) in [7, 11) is 1.62. The number of amides is 1. The number of nitrogens with one attached hydrogen (secondary N) is 2. The summed E-state index contributed by atoms with van der Waals surface area (Å²) in [5, 5.41) is 6.87. The van der Waals surface area contributed by atoms with Gasteiger partial charge in [-0.05, 0) is 24.3 Å². The second-order valence-corrected chi connectivity index (χ2v) is 5.69. The quantitative estimate of drug-likeness (QED) is 0.570. The largest absolute Gasteiger partial charge is 0.497 e. The molecule has 2 aromatic heterocycles. The van der Waals surface area contributed by atoms with Crippen LogP contribution < -0.4 is 10.1 Å². The molecule has 8 heteroatoms. The molecule has 2 heterocycles. The zero-order valence-electron chi connectivity index (χ0n) is 14.5. The number of hydrogen-bond donors (Lipinski definition) is 2. The minimum absolute atomic E-state index is 0.298. The standard InChI is InChI=1S/C19H16N6O2/c1-27-14-6-4-5-13(9-14)16-10-21-19(23-16)24-18(26)15-7-2-3-8-17(15)25-12-20-11-22-25/h2-12H,1H3,(H2,21,23,24,26). The fourth-order valence-electron chi connectivity index (χ4n) is 2.69. The third-order valence-corrected chi connectivity index (χ3v) is 4.00. The molecule has 0 aliphatic heterocycles. The number of rotatable bonds is 5. The number of aromatic amines is 1. The van der Waals surface area contributed by atoms with Gasteiger partial charge in [-0.15, -0.1) is 0 Å². The number of aromatic nitrogens is 5. The van der Waals surface area contributed by atoms with Crippen molar-refractivity contribution in [3.8, 4) is 22.7 Å². The molecular weight excluding hydrogens is 344 g/mol. The van der Waals surface area contributed by atoms with Crippen molar-refractivity contribution in [2.24, 2.45) is 0 Å². The molecule has 0 saturated carbocycles. The first-order chi connectivity index (χ1) is 13.2. The number of ether oxygens (including phenoxy) is 1. The lowest BCUT2D eigenvalue weighted by atomic mass is 10.1. The van der Waals surface area contributed by atoms with E-state index in [2.05, 4.69) is 25.4 Å². The number of methoxy groups -OCH3 is 1.